The van der Waals surface area contributed by atoms with Gasteiger partial charge in [-0.1, -0.05) is 17.7 Å². The average Bonchev–Trinajstić information content (AvgIpc) is 2.26. The van der Waals surface area contributed by atoms with Crippen molar-refractivity contribution < 1.29 is 0 Å². The van der Waals surface area contributed by atoms with Gasteiger partial charge in [0.1, 0.15) is 17.5 Å². The highest BCUT2D eigenvalue weighted by atomic mass is 15.0. The van der Waals surface area contributed by atoms with E-state index >= 15 is 0 Å². The van der Waals surface area contributed by atoms with Gasteiger partial charge in [0.25, 0.3) is 0 Å². The van der Waals surface area contributed by atoms with Gasteiger partial charge in [0, 0.05) is 5.56 Å². The van der Waals surface area contributed by atoms with Crippen LogP contribution in [0.4, 0.5) is 11.8 Å². The highest BCUT2D eigenvalue weighted by Crippen LogP contribution is 2.31. The second-order valence-corrected chi connectivity index (χ2v) is 4.58. The lowest BCUT2D eigenvalue weighted by atomic mass is 9.95. The van der Waals surface area contributed by atoms with Gasteiger partial charge in [-0.05, 0) is 31.9 Å². The summed E-state index contributed by atoms with van der Waals surface area (Å²) in [5, 5.41) is 9.24. The van der Waals surface area contributed by atoms with Gasteiger partial charge in [-0.2, -0.15) is 10.2 Å². The average molecular weight is 253 g/mol. The van der Waals surface area contributed by atoms with Gasteiger partial charge in [0.05, 0.1) is 5.69 Å². The summed E-state index contributed by atoms with van der Waals surface area (Å²) in [5.74, 6) is 0.190. The molecule has 0 aliphatic rings. The summed E-state index contributed by atoms with van der Waals surface area (Å²) in [5.41, 5.74) is 16.3. The van der Waals surface area contributed by atoms with Gasteiger partial charge in [-0.25, -0.2) is 4.98 Å². The monoisotopic (exact) mass is 253 g/mol. The van der Waals surface area contributed by atoms with Crippen molar-refractivity contribution in [2.45, 2.75) is 20.8 Å². The fraction of sp³-hybridized carbons (Fsp3) is 0.214. The SMILES string of the molecule is Cc1cc(C)c(-c2nc(N)nc(N)c2C#N)c(C)c1. The predicted octanol–water partition coefficient (Wildman–Crippen LogP) is 2.10. The molecule has 96 valence electrons. The number of aryl methyl sites for hydroxylation is 3. The van der Waals surface area contributed by atoms with Crippen LogP contribution in [0.5, 0.6) is 0 Å². The fourth-order valence-electron chi connectivity index (χ4n) is 2.34. The first-order valence-electron chi connectivity index (χ1n) is 5.85. The molecule has 1 aromatic heterocycles. The van der Waals surface area contributed by atoms with Crippen molar-refractivity contribution in [1.82, 2.24) is 9.97 Å². The zero-order valence-corrected chi connectivity index (χ0v) is 11.2. The number of anilines is 2. The standard InChI is InChI=1S/C14H15N5/c1-7-4-8(2)11(9(3)5-7)12-10(6-15)13(16)19-14(17)18-12/h4-5H,1-3H3,(H4,16,17,18,19). The molecule has 19 heavy (non-hydrogen) atoms. The maximum Gasteiger partial charge on any atom is 0.222 e. The number of nitrogens with zero attached hydrogens (tertiary/aromatic N) is 3. The molecule has 0 spiro atoms. The highest BCUT2D eigenvalue weighted by Gasteiger charge is 2.16. The third-order valence-electron chi connectivity index (χ3n) is 2.98. The topological polar surface area (TPSA) is 102 Å². The van der Waals surface area contributed by atoms with Gasteiger partial charge >= 0.3 is 0 Å². The summed E-state index contributed by atoms with van der Waals surface area (Å²) >= 11 is 0. The Morgan fingerprint density at radius 1 is 1.05 bits per heavy atom. The molecule has 0 saturated heterocycles. The summed E-state index contributed by atoms with van der Waals surface area (Å²) < 4.78 is 0. The maximum atomic E-state index is 9.24. The zero-order valence-electron chi connectivity index (χ0n) is 11.2. The Balaban J connectivity index is 2.84. The lowest BCUT2D eigenvalue weighted by Crippen LogP contribution is -2.06. The minimum Gasteiger partial charge on any atom is -0.382 e. The maximum absolute atomic E-state index is 9.24. The van der Waals surface area contributed by atoms with Crippen LogP contribution >= 0.6 is 0 Å². The number of rotatable bonds is 1. The normalized spacial score (nSPS) is 10.2. The summed E-state index contributed by atoms with van der Waals surface area (Å²) in [7, 11) is 0. The smallest absolute Gasteiger partial charge is 0.222 e. The molecule has 0 aliphatic carbocycles. The van der Waals surface area contributed by atoms with Crippen molar-refractivity contribution in [1.29, 1.82) is 5.26 Å². The van der Waals surface area contributed by atoms with E-state index in [1.807, 2.05) is 32.9 Å². The van der Waals surface area contributed by atoms with Gasteiger partial charge in [0.2, 0.25) is 5.95 Å². The van der Waals surface area contributed by atoms with Crippen molar-refractivity contribution in [3.63, 3.8) is 0 Å². The molecule has 0 aliphatic heterocycles. The van der Waals surface area contributed by atoms with Gasteiger partial charge in [0.15, 0.2) is 0 Å². The largest absolute Gasteiger partial charge is 0.382 e. The van der Waals surface area contributed by atoms with Crippen LogP contribution in [0.1, 0.15) is 22.3 Å². The van der Waals surface area contributed by atoms with Crippen molar-refractivity contribution in [3.8, 4) is 17.3 Å². The van der Waals surface area contributed by atoms with Crippen LogP contribution in [-0.4, -0.2) is 9.97 Å². The molecule has 4 N–H and O–H groups in total. The van der Waals surface area contributed by atoms with Gasteiger partial charge in [-0.15, -0.1) is 0 Å². The molecule has 2 aromatic rings. The molecule has 0 fully saturated rings. The number of benzene rings is 1. The van der Waals surface area contributed by atoms with E-state index in [-0.39, 0.29) is 17.3 Å². The van der Waals surface area contributed by atoms with E-state index in [2.05, 4.69) is 16.0 Å². The second kappa shape index (κ2) is 4.58. The molecule has 0 amide bonds. The van der Waals surface area contributed by atoms with E-state index in [4.69, 9.17) is 11.5 Å². The minimum absolute atomic E-state index is 0.0749. The molecule has 1 heterocycles. The van der Waals surface area contributed by atoms with Gasteiger partial charge in [-0.3, -0.25) is 0 Å². The quantitative estimate of drug-likeness (QED) is 0.810. The summed E-state index contributed by atoms with van der Waals surface area (Å²) in [6, 6.07) is 6.13. The van der Waals surface area contributed by atoms with Crippen LogP contribution in [0.15, 0.2) is 12.1 Å². The zero-order chi connectivity index (χ0) is 14.2. The molecule has 0 atom stereocenters. The molecule has 5 nitrogen and oxygen atoms in total. The Morgan fingerprint density at radius 3 is 2.16 bits per heavy atom. The molecule has 2 rings (SSSR count). The van der Waals surface area contributed by atoms with Crippen LogP contribution in [-0.2, 0) is 0 Å². The molecule has 5 heteroatoms. The van der Waals surface area contributed by atoms with E-state index in [0.717, 1.165) is 22.3 Å². The lowest BCUT2D eigenvalue weighted by Gasteiger charge is -2.13. The molecule has 1 aromatic carbocycles. The Kier molecular flexibility index (Phi) is 3.09. The Morgan fingerprint density at radius 2 is 1.63 bits per heavy atom. The fourth-order valence-corrected chi connectivity index (χ4v) is 2.34. The third kappa shape index (κ3) is 2.20. The van der Waals surface area contributed by atoms with Crippen LogP contribution in [0.2, 0.25) is 0 Å². The number of hydrogen-bond donors (Lipinski definition) is 2. The first kappa shape index (κ1) is 12.8. The van der Waals surface area contributed by atoms with Crippen molar-refractivity contribution in [3.05, 3.63) is 34.4 Å². The summed E-state index contributed by atoms with van der Waals surface area (Å²) in [6.45, 7) is 5.98. The molecule has 0 saturated carbocycles. The number of hydrogen-bond acceptors (Lipinski definition) is 5. The summed E-state index contributed by atoms with van der Waals surface area (Å²) in [4.78, 5) is 8.02. The van der Waals surface area contributed by atoms with Crippen LogP contribution in [0, 0.1) is 32.1 Å². The van der Waals surface area contributed by atoms with Crippen LogP contribution in [0.3, 0.4) is 0 Å². The number of nitriles is 1. The lowest BCUT2D eigenvalue weighted by molar-refractivity contribution is 1.17. The summed E-state index contributed by atoms with van der Waals surface area (Å²) in [6.07, 6.45) is 0. The third-order valence-corrected chi connectivity index (χ3v) is 2.98. The Labute approximate surface area is 111 Å². The van der Waals surface area contributed by atoms with Crippen molar-refractivity contribution in [2.24, 2.45) is 0 Å². The van der Waals surface area contributed by atoms with E-state index in [1.54, 1.807) is 0 Å². The molecular formula is C14H15N5. The second-order valence-electron chi connectivity index (χ2n) is 4.58. The Bertz CT molecular complexity index is 675. The van der Waals surface area contributed by atoms with Crippen molar-refractivity contribution in [2.75, 3.05) is 11.5 Å². The first-order valence-corrected chi connectivity index (χ1v) is 5.85. The van der Waals surface area contributed by atoms with E-state index in [9.17, 15) is 5.26 Å². The van der Waals surface area contributed by atoms with Crippen molar-refractivity contribution >= 4 is 11.8 Å². The van der Waals surface area contributed by atoms with E-state index in [0.29, 0.717) is 5.69 Å². The van der Waals surface area contributed by atoms with Gasteiger partial charge < -0.3 is 11.5 Å². The molecule has 0 unspecified atom stereocenters. The molecule has 0 bridgehead atoms. The number of nitrogen functional groups attached to an aromatic ring is 2. The van der Waals surface area contributed by atoms with E-state index in [1.165, 1.54) is 0 Å². The van der Waals surface area contributed by atoms with E-state index < -0.39 is 0 Å². The minimum atomic E-state index is 0.0749. The molecule has 0 radical (unpaired) electrons. The number of aromatic nitrogens is 2. The first-order chi connectivity index (χ1) is 8.93. The highest BCUT2D eigenvalue weighted by molar-refractivity contribution is 5.77. The number of nitrogens with two attached hydrogens (primary N) is 2. The van der Waals surface area contributed by atoms with Crippen LogP contribution in [0.25, 0.3) is 11.3 Å². The Hall–Kier alpha value is -2.61. The predicted molar refractivity (Wildman–Crippen MR) is 75.2 cm³/mol. The molecular weight excluding hydrogens is 238 g/mol. The van der Waals surface area contributed by atoms with Crippen LogP contribution < -0.4 is 11.5 Å².